The van der Waals surface area contributed by atoms with Gasteiger partial charge >= 0.3 is 5.97 Å². The van der Waals surface area contributed by atoms with Crippen LogP contribution in [0.4, 0.5) is 5.69 Å². The minimum Gasteiger partial charge on any atom is -0.448 e. The van der Waals surface area contributed by atoms with E-state index in [9.17, 15) is 14.9 Å². The number of carbonyl (C=O) groups is 1. The lowest BCUT2D eigenvalue weighted by Crippen LogP contribution is -2.11. The zero-order chi connectivity index (χ0) is 17.8. The van der Waals surface area contributed by atoms with Crippen molar-refractivity contribution in [2.75, 3.05) is 0 Å². The molecule has 3 aromatic rings. The topological polar surface area (TPSA) is 134 Å². The van der Waals surface area contributed by atoms with Gasteiger partial charge in [-0.1, -0.05) is 0 Å². The van der Waals surface area contributed by atoms with Crippen molar-refractivity contribution >= 4 is 11.7 Å². The number of esters is 1. The summed E-state index contributed by atoms with van der Waals surface area (Å²) in [6, 6.07) is 5.64. The molecule has 0 radical (unpaired) electrons. The van der Waals surface area contributed by atoms with Gasteiger partial charge in [-0.2, -0.15) is 0 Å². The average Bonchev–Trinajstić information content (AvgIpc) is 3.13. The van der Waals surface area contributed by atoms with Gasteiger partial charge in [-0.25, -0.2) is 9.78 Å². The standard InChI is InChI=1S/C15H11N5O5/c1-9(24-15(21)12-8-16-6-7-17-12)13-18-19-14(25-13)10-2-4-11(5-3-10)20(22)23/h2-9H,1H3/t9-/m0/s1. The van der Waals surface area contributed by atoms with Crippen molar-refractivity contribution in [1.82, 2.24) is 20.2 Å². The predicted molar refractivity (Wildman–Crippen MR) is 82.3 cm³/mol. The number of non-ortho nitro benzene ring substituents is 1. The van der Waals surface area contributed by atoms with Crippen LogP contribution >= 0.6 is 0 Å². The quantitative estimate of drug-likeness (QED) is 0.389. The molecule has 0 aliphatic rings. The molecule has 0 amide bonds. The van der Waals surface area contributed by atoms with Gasteiger partial charge < -0.3 is 9.15 Å². The highest BCUT2D eigenvalue weighted by atomic mass is 16.6. The molecule has 0 aliphatic carbocycles. The van der Waals surface area contributed by atoms with Crippen LogP contribution in [0.5, 0.6) is 0 Å². The Morgan fingerprint density at radius 3 is 2.64 bits per heavy atom. The Balaban J connectivity index is 1.72. The first-order chi connectivity index (χ1) is 12.0. The Labute approximate surface area is 140 Å². The molecule has 0 N–H and O–H groups in total. The summed E-state index contributed by atoms with van der Waals surface area (Å²) in [5, 5.41) is 18.3. The molecule has 1 atom stereocenters. The van der Waals surface area contributed by atoms with Crippen molar-refractivity contribution in [2.45, 2.75) is 13.0 Å². The van der Waals surface area contributed by atoms with Crippen LogP contribution in [0, 0.1) is 10.1 Å². The fourth-order valence-electron chi connectivity index (χ4n) is 1.92. The molecule has 1 aromatic carbocycles. The van der Waals surface area contributed by atoms with Crippen LogP contribution in [0.1, 0.15) is 29.4 Å². The third-order valence-electron chi connectivity index (χ3n) is 3.17. The lowest BCUT2D eigenvalue weighted by atomic mass is 10.2. The Morgan fingerprint density at radius 2 is 2.00 bits per heavy atom. The van der Waals surface area contributed by atoms with Crippen LogP contribution in [-0.2, 0) is 4.74 Å². The smallest absolute Gasteiger partial charge is 0.359 e. The Kier molecular flexibility index (Phi) is 4.42. The number of hydrogen-bond acceptors (Lipinski definition) is 9. The molecule has 0 fully saturated rings. The zero-order valence-corrected chi connectivity index (χ0v) is 12.9. The van der Waals surface area contributed by atoms with E-state index in [0.717, 1.165) is 0 Å². The highest BCUT2D eigenvalue weighted by molar-refractivity contribution is 5.86. The van der Waals surface area contributed by atoms with E-state index in [1.54, 1.807) is 6.92 Å². The van der Waals surface area contributed by atoms with Gasteiger partial charge in [0.2, 0.25) is 5.89 Å². The second-order valence-corrected chi connectivity index (χ2v) is 4.89. The van der Waals surface area contributed by atoms with Gasteiger partial charge in [0, 0.05) is 30.1 Å². The Bertz CT molecular complexity index is 894. The average molecular weight is 341 g/mol. The zero-order valence-electron chi connectivity index (χ0n) is 12.9. The second-order valence-electron chi connectivity index (χ2n) is 4.89. The first-order valence-electron chi connectivity index (χ1n) is 7.10. The Hall–Kier alpha value is -3.69. The van der Waals surface area contributed by atoms with E-state index in [0.29, 0.717) is 5.56 Å². The van der Waals surface area contributed by atoms with Gasteiger partial charge in [0.25, 0.3) is 11.6 Å². The second kappa shape index (κ2) is 6.83. The van der Waals surface area contributed by atoms with Gasteiger partial charge in [0.05, 0.1) is 11.1 Å². The maximum atomic E-state index is 11.9. The molecule has 2 heterocycles. The van der Waals surface area contributed by atoms with Crippen LogP contribution in [0.2, 0.25) is 0 Å². The summed E-state index contributed by atoms with van der Waals surface area (Å²) >= 11 is 0. The van der Waals surface area contributed by atoms with Gasteiger partial charge in [-0.3, -0.25) is 15.1 Å². The minimum atomic E-state index is -0.797. The number of aromatic nitrogens is 4. The molecule has 0 saturated heterocycles. The van der Waals surface area contributed by atoms with Crippen LogP contribution in [0.3, 0.4) is 0 Å². The van der Waals surface area contributed by atoms with Crippen LogP contribution < -0.4 is 0 Å². The highest BCUT2D eigenvalue weighted by Gasteiger charge is 2.21. The number of rotatable bonds is 5. The fraction of sp³-hybridized carbons (Fsp3) is 0.133. The van der Waals surface area contributed by atoms with Crippen molar-refractivity contribution < 1.29 is 18.9 Å². The van der Waals surface area contributed by atoms with Gasteiger partial charge in [0.15, 0.2) is 11.8 Å². The van der Waals surface area contributed by atoms with E-state index in [4.69, 9.17) is 9.15 Å². The maximum absolute atomic E-state index is 11.9. The van der Waals surface area contributed by atoms with Crippen LogP contribution in [0.15, 0.2) is 47.3 Å². The molecule has 2 aromatic heterocycles. The summed E-state index contributed by atoms with van der Waals surface area (Å²) in [6.07, 6.45) is 3.30. The molecule has 25 heavy (non-hydrogen) atoms. The third kappa shape index (κ3) is 3.63. The molecule has 3 rings (SSSR count). The van der Waals surface area contributed by atoms with E-state index in [-0.39, 0.29) is 23.2 Å². The predicted octanol–water partition coefficient (Wildman–Crippen LogP) is 2.35. The van der Waals surface area contributed by atoms with Gasteiger partial charge in [0.1, 0.15) is 0 Å². The molecule has 0 aliphatic heterocycles. The monoisotopic (exact) mass is 341 g/mol. The largest absolute Gasteiger partial charge is 0.448 e. The van der Waals surface area contributed by atoms with E-state index in [1.807, 2.05) is 0 Å². The number of carbonyl (C=O) groups excluding carboxylic acids is 1. The van der Waals surface area contributed by atoms with E-state index < -0.39 is 17.0 Å². The van der Waals surface area contributed by atoms with Gasteiger partial charge in [-0.05, 0) is 19.1 Å². The molecule has 0 saturated carbocycles. The molecule has 0 unspecified atom stereocenters. The summed E-state index contributed by atoms with van der Waals surface area (Å²) in [6.45, 7) is 1.57. The summed E-state index contributed by atoms with van der Waals surface area (Å²) < 4.78 is 10.7. The fourth-order valence-corrected chi connectivity index (χ4v) is 1.92. The SMILES string of the molecule is C[C@H](OC(=O)c1cnccn1)c1nnc(-c2ccc([N+](=O)[O-])cc2)o1. The van der Waals surface area contributed by atoms with E-state index in [1.165, 1.54) is 42.9 Å². The first kappa shape index (κ1) is 16.2. The van der Waals surface area contributed by atoms with Crippen LogP contribution in [0.25, 0.3) is 11.5 Å². The molecule has 0 bridgehead atoms. The molecule has 10 nitrogen and oxygen atoms in total. The normalized spacial score (nSPS) is 11.7. The number of ether oxygens (including phenoxy) is 1. The first-order valence-corrected chi connectivity index (χ1v) is 7.10. The number of nitro benzene ring substituents is 1. The highest BCUT2D eigenvalue weighted by Crippen LogP contribution is 2.24. The number of hydrogen-bond donors (Lipinski definition) is 0. The Morgan fingerprint density at radius 1 is 1.24 bits per heavy atom. The molecular formula is C15H11N5O5. The van der Waals surface area contributed by atoms with Crippen molar-refractivity contribution in [1.29, 1.82) is 0 Å². The summed E-state index contributed by atoms with van der Waals surface area (Å²) in [5.74, 6) is -0.423. The van der Waals surface area contributed by atoms with E-state index >= 15 is 0 Å². The molecular weight excluding hydrogens is 330 g/mol. The molecule has 10 heteroatoms. The number of nitro groups is 1. The summed E-state index contributed by atoms with van der Waals surface area (Å²) in [5.41, 5.74) is 0.524. The van der Waals surface area contributed by atoms with Crippen molar-refractivity contribution in [3.05, 3.63) is 64.6 Å². The number of nitrogens with zero attached hydrogens (tertiary/aromatic N) is 5. The number of benzene rings is 1. The van der Waals surface area contributed by atoms with E-state index in [2.05, 4.69) is 20.2 Å². The molecule has 126 valence electrons. The van der Waals surface area contributed by atoms with Crippen molar-refractivity contribution in [2.24, 2.45) is 0 Å². The van der Waals surface area contributed by atoms with Crippen LogP contribution in [-0.4, -0.2) is 31.1 Å². The molecule has 0 spiro atoms. The lowest BCUT2D eigenvalue weighted by Gasteiger charge is -2.08. The van der Waals surface area contributed by atoms with Gasteiger partial charge in [-0.15, -0.1) is 10.2 Å². The lowest BCUT2D eigenvalue weighted by molar-refractivity contribution is -0.384. The summed E-state index contributed by atoms with van der Waals surface area (Å²) in [4.78, 5) is 29.7. The third-order valence-corrected chi connectivity index (χ3v) is 3.17. The summed E-state index contributed by atoms with van der Waals surface area (Å²) in [7, 11) is 0. The van der Waals surface area contributed by atoms with Crippen molar-refractivity contribution in [3.63, 3.8) is 0 Å². The van der Waals surface area contributed by atoms with Crippen molar-refractivity contribution in [3.8, 4) is 11.5 Å². The maximum Gasteiger partial charge on any atom is 0.359 e. The minimum absolute atomic E-state index is 0.0465.